The molecule has 0 saturated carbocycles. The van der Waals surface area contributed by atoms with Gasteiger partial charge in [0.15, 0.2) is 5.03 Å². The molecule has 1 aromatic rings. The van der Waals surface area contributed by atoms with Crippen molar-refractivity contribution in [3.63, 3.8) is 0 Å². The molecule has 0 fully saturated rings. The molecule has 1 heterocycles. The first-order valence-corrected chi connectivity index (χ1v) is 7.15. The summed E-state index contributed by atoms with van der Waals surface area (Å²) in [4.78, 5) is 25.6. The van der Waals surface area contributed by atoms with E-state index in [1.807, 2.05) is 0 Å². The number of carboxylic acid groups (broad SMARTS) is 1. The first kappa shape index (κ1) is 16.1. The van der Waals surface area contributed by atoms with Crippen LogP contribution in [0.15, 0.2) is 23.4 Å². The average molecular weight is 301 g/mol. The Hall–Kier alpha value is -2.00. The molecule has 20 heavy (non-hydrogen) atoms. The van der Waals surface area contributed by atoms with Crippen LogP contribution in [0.5, 0.6) is 0 Å². The number of pyridine rings is 1. The normalized spacial score (nSPS) is 11.3. The van der Waals surface area contributed by atoms with Gasteiger partial charge in [-0.3, -0.25) is 4.79 Å². The largest absolute Gasteiger partial charge is 0.478 e. The van der Waals surface area contributed by atoms with Gasteiger partial charge in [-0.1, -0.05) is 0 Å². The number of hydrogen-bond acceptors (Lipinski definition) is 5. The molecule has 110 valence electrons. The Morgan fingerprint density at radius 3 is 2.50 bits per heavy atom. The molecule has 9 heteroatoms. The van der Waals surface area contributed by atoms with Gasteiger partial charge in [0.05, 0.1) is 12.1 Å². The van der Waals surface area contributed by atoms with Gasteiger partial charge in [-0.25, -0.2) is 18.2 Å². The smallest absolute Gasteiger partial charge is 0.337 e. The lowest BCUT2D eigenvalue weighted by Gasteiger charge is -2.15. The maximum absolute atomic E-state index is 12.1. The summed E-state index contributed by atoms with van der Waals surface area (Å²) in [5.74, 6) is -1.63. The molecule has 0 aliphatic carbocycles. The van der Waals surface area contributed by atoms with Gasteiger partial charge in [-0.05, 0) is 19.1 Å². The molecule has 0 aromatic carbocycles. The lowest BCUT2D eigenvalue weighted by molar-refractivity contribution is -0.121. The molecule has 0 unspecified atom stereocenters. The number of nitrogens with zero attached hydrogens (tertiary/aromatic N) is 2. The van der Waals surface area contributed by atoms with E-state index in [-0.39, 0.29) is 17.1 Å². The van der Waals surface area contributed by atoms with E-state index < -0.39 is 21.9 Å². The zero-order valence-corrected chi connectivity index (χ0v) is 11.8. The van der Waals surface area contributed by atoms with E-state index in [1.165, 1.54) is 7.05 Å². The van der Waals surface area contributed by atoms with Gasteiger partial charge in [0, 0.05) is 19.8 Å². The third-order valence-corrected chi connectivity index (χ3v) is 4.12. The molecule has 0 saturated heterocycles. The summed E-state index contributed by atoms with van der Waals surface area (Å²) >= 11 is 0. The van der Waals surface area contributed by atoms with Gasteiger partial charge >= 0.3 is 5.97 Å². The first-order chi connectivity index (χ1) is 9.28. The average Bonchev–Trinajstić information content (AvgIpc) is 2.38. The van der Waals surface area contributed by atoms with Gasteiger partial charge in [0.25, 0.3) is 10.0 Å². The molecule has 0 atom stereocenters. The minimum Gasteiger partial charge on any atom is -0.478 e. The van der Waals surface area contributed by atoms with Crippen molar-refractivity contribution in [2.75, 3.05) is 20.1 Å². The molecule has 0 aliphatic heterocycles. The van der Waals surface area contributed by atoms with Crippen molar-refractivity contribution in [1.29, 1.82) is 0 Å². The second-order valence-corrected chi connectivity index (χ2v) is 5.90. The van der Waals surface area contributed by atoms with Crippen molar-refractivity contribution in [3.05, 3.63) is 23.9 Å². The maximum atomic E-state index is 12.1. The van der Waals surface area contributed by atoms with Crippen LogP contribution in [0.2, 0.25) is 0 Å². The first-order valence-electron chi connectivity index (χ1n) is 5.71. The summed E-state index contributed by atoms with van der Waals surface area (Å²) < 4.78 is 25.0. The van der Waals surface area contributed by atoms with Crippen LogP contribution in [0.4, 0.5) is 0 Å². The fraction of sp³-hybridized carbons (Fsp3) is 0.364. The van der Waals surface area contributed by atoms with Crippen LogP contribution in [0, 0.1) is 0 Å². The van der Waals surface area contributed by atoms with Crippen molar-refractivity contribution < 1.29 is 23.1 Å². The van der Waals surface area contributed by atoms with Crippen molar-refractivity contribution in [2.45, 2.75) is 11.9 Å². The summed E-state index contributed by atoms with van der Waals surface area (Å²) in [6.45, 7) is 1.79. The molecule has 0 bridgehead atoms. The van der Waals surface area contributed by atoms with E-state index in [0.29, 0.717) is 6.54 Å². The Morgan fingerprint density at radius 1 is 1.40 bits per heavy atom. The molecule has 1 amide bonds. The summed E-state index contributed by atoms with van der Waals surface area (Å²) in [6.07, 6.45) is 0.954. The van der Waals surface area contributed by atoms with Crippen molar-refractivity contribution in [1.82, 2.24) is 14.6 Å². The van der Waals surface area contributed by atoms with Crippen LogP contribution in [-0.4, -0.2) is 54.8 Å². The molecule has 8 nitrogen and oxygen atoms in total. The zero-order chi connectivity index (χ0) is 15.3. The molecular weight excluding hydrogens is 286 g/mol. The number of likely N-dealkylation sites (N-methyl/N-ethyl adjacent to an activating group) is 2. The molecule has 0 radical (unpaired) electrons. The molecular formula is C11H15N3O5S. The van der Waals surface area contributed by atoms with Crippen LogP contribution < -0.4 is 5.32 Å². The van der Waals surface area contributed by atoms with Gasteiger partial charge in [-0.2, -0.15) is 4.31 Å². The summed E-state index contributed by atoms with van der Waals surface area (Å²) in [5, 5.41) is 10.9. The predicted molar refractivity (Wildman–Crippen MR) is 69.7 cm³/mol. The van der Waals surface area contributed by atoms with Crippen LogP contribution in [0.1, 0.15) is 17.3 Å². The van der Waals surface area contributed by atoms with E-state index in [0.717, 1.165) is 22.6 Å². The number of aromatic carboxylic acids is 1. The number of aromatic nitrogens is 1. The fourth-order valence-electron chi connectivity index (χ4n) is 1.36. The monoisotopic (exact) mass is 301 g/mol. The summed E-state index contributed by atoms with van der Waals surface area (Å²) in [7, 11) is -2.68. The molecule has 1 rings (SSSR count). The Bertz CT molecular complexity index is 597. The van der Waals surface area contributed by atoms with Crippen molar-refractivity contribution in [2.24, 2.45) is 0 Å². The van der Waals surface area contributed by atoms with Gasteiger partial charge in [0.1, 0.15) is 0 Å². The topological polar surface area (TPSA) is 117 Å². The van der Waals surface area contributed by atoms with Crippen molar-refractivity contribution >= 4 is 21.9 Å². The lowest BCUT2D eigenvalue weighted by atomic mass is 10.3. The van der Waals surface area contributed by atoms with Crippen LogP contribution in [0.25, 0.3) is 0 Å². The van der Waals surface area contributed by atoms with Gasteiger partial charge < -0.3 is 10.4 Å². The zero-order valence-electron chi connectivity index (χ0n) is 11.0. The Kier molecular flexibility index (Phi) is 5.17. The number of amides is 1. The second kappa shape index (κ2) is 6.44. The highest BCUT2D eigenvalue weighted by Gasteiger charge is 2.24. The second-order valence-electron chi connectivity index (χ2n) is 3.90. The number of rotatable bonds is 6. The molecule has 2 N–H and O–H groups in total. The predicted octanol–water partition coefficient (Wildman–Crippen LogP) is -0.464. The quantitative estimate of drug-likeness (QED) is 0.734. The van der Waals surface area contributed by atoms with E-state index in [9.17, 15) is 18.0 Å². The summed E-state index contributed by atoms with van der Waals surface area (Å²) in [5.41, 5.74) is -0.115. The number of carbonyl (C=O) groups excluding carboxylic acids is 1. The highest BCUT2D eigenvalue weighted by atomic mass is 32.2. The minimum absolute atomic E-state index is 0.115. The molecule has 0 spiro atoms. The third kappa shape index (κ3) is 3.75. The van der Waals surface area contributed by atoms with Crippen molar-refractivity contribution in [3.8, 4) is 0 Å². The number of hydrogen-bond donors (Lipinski definition) is 2. The number of sulfonamides is 1. The standard InChI is InChI=1S/C11H15N3O5S/c1-3-12-9(15)7-14(2)20(18,19)10-5-4-8(6-13-10)11(16)17/h4-6H,3,7H2,1-2H3,(H,12,15)(H,16,17). The number of carboxylic acids is 1. The number of nitrogens with one attached hydrogen (secondary N) is 1. The Morgan fingerprint density at radius 2 is 2.05 bits per heavy atom. The van der Waals surface area contributed by atoms with E-state index in [1.54, 1.807) is 6.92 Å². The number of carbonyl (C=O) groups is 2. The van der Waals surface area contributed by atoms with Crippen LogP contribution >= 0.6 is 0 Å². The Balaban J connectivity index is 2.92. The molecule has 1 aromatic heterocycles. The lowest BCUT2D eigenvalue weighted by Crippen LogP contribution is -2.38. The van der Waals surface area contributed by atoms with Crippen LogP contribution in [0.3, 0.4) is 0 Å². The third-order valence-electron chi connectivity index (χ3n) is 2.40. The van der Waals surface area contributed by atoms with E-state index in [2.05, 4.69) is 10.3 Å². The molecule has 0 aliphatic rings. The Labute approximate surface area is 116 Å². The van der Waals surface area contributed by atoms with Gasteiger partial charge in [-0.15, -0.1) is 0 Å². The van der Waals surface area contributed by atoms with E-state index in [4.69, 9.17) is 5.11 Å². The SMILES string of the molecule is CCNC(=O)CN(C)S(=O)(=O)c1ccc(C(=O)O)cn1. The maximum Gasteiger partial charge on any atom is 0.337 e. The highest BCUT2D eigenvalue weighted by molar-refractivity contribution is 7.89. The minimum atomic E-state index is -3.93. The fourth-order valence-corrected chi connectivity index (χ4v) is 2.39. The summed E-state index contributed by atoms with van der Waals surface area (Å²) in [6, 6.07) is 2.23. The van der Waals surface area contributed by atoms with Gasteiger partial charge in [0.2, 0.25) is 5.91 Å². The van der Waals surface area contributed by atoms with Crippen LogP contribution in [-0.2, 0) is 14.8 Å². The van der Waals surface area contributed by atoms with E-state index >= 15 is 0 Å². The highest BCUT2D eigenvalue weighted by Crippen LogP contribution is 2.11.